The van der Waals surface area contributed by atoms with Gasteiger partial charge in [0.05, 0.1) is 0 Å². The normalized spacial score (nSPS) is 0. The van der Waals surface area contributed by atoms with Crippen LogP contribution in [-0.2, 0) is 49.8 Å². The van der Waals surface area contributed by atoms with Gasteiger partial charge in [0.15, 0.2) is 0 Å². The van der Waals surface area contributed by atoms with Crippen molar-refractivity contribution in [3.63, 3.8) is 0 Å². The van der Waals surface area contributed by atoms with Gasteiger partial charge in [-0.05, 0) is 0 Å². The van der Waals surface area contributed by atoms with Gasteiger partial charge in [-0.15, -0.1) is 0 Å². The minimum atomic E-state index is 0. The van der Waals surface area contributed by atoms with Gasteiger partial charge in [0.25, 0.3) is 0 Å². The fourth-order valence-electron chi connectivity index (χ4n) is 0. The molecular formula is H4BaCuOUY. The van der Waals surface area contributed by atoms with Crippen molar-refractivity contribution in [3.05, 3.63) is 0 Å². The molecule has 0 aromatic rings. The number of hydrogen-bond donors (Lipinski definition) is 0. The van der Waals surface area contributed by atoms with Gasteiger partial charge < -0.3 is 8.33 Å². The van der Waals surface area contributed by atoms with Crippen molar-refractivity contribution in [2.45, 2.75) is 0 Å². The second-order valence-electron chi connectivity index (χ2n) is 0. The second-order valence-corrected chi connectivity index (χ2v) is 0. The Balaban J connectivity index is 0. The van der Waals surface area contributed by atoms with Crippen molar-refractivity contribution in [1.29, 1.82) is 0 Å². The van der Waals surface area contributed by atoms with Crippen molar-refractivity contribution in [3.8, 4) is 0 Å². The van der Waals surface area contributed by atoms with Crippen LogP contribution in [0.1, 0.15) is 2.85 Å². The fourth-order valence-corrected chi connectivity index (χ4v) is 0. The molecule has 2 radical (unpaired) electrons. The molecule has 0 spiro atoms. The molecule has 0 amide bonds. The van der Waals surface area contributed by atoms with Crippen molar-refractivity contribution in [1.82, 2.24) is 0 Å². The largest absolute Gasteiger partial charge is 2.00 e. The molecule has 0 atom stereocenters. The molecule has 0 aliphatic rings. The molecule has 5 heteroatoms. The summed E-state index contributed by atoms with van der Waals surface area (Å²) in [6.45, 7) is 0. The van der Waals surface area contributed by atoms with Crippen LogP contribution in [0.25, 0.3) is 0 Å². The molecule has 5 heavy (non-hydrogen) atoms. The van der Waals surface area contributed by atoms with E-state index < -0.39 is 0 Å². The van der Waals surface area contributed by atoms with Crippen LogP contribution in [0.3, 0.4) is 0 Å². The van der Waals surface area contributed by atoms with Crippen molar-refractivity contribution in [2.24, 2.45) is 0 Å². The summed E-state index contributed by atoms with van der Waals surface area (Å²) in [5.74, 6) is 0. The monoisotopic (exact) mass is 548 g/mol. The van der Waals surface area contributed by atoms with Gasteiger partial charge in [0.1, 0.15) is 0 Å². The zero-order valence-corrected chi connectivity index (χ0v) is 15.0. The van der Waals surface area contributed by atoms with Crippen LogP contribution in [0, 0.1) is 31.1 Å². The van der Waals surface area contributed by atoms with E-state index in [0.717, 1.165) is 0 Å². The molecule has 0 aromatic heterocycles. The van der Waals surface area contributed by atoms with Crippen LogP contribution >= 0.6 is 0 Å². The Hall–Kier alpha value is 4.21. The maximum absolute atomic E-state index is 0. The molecule has 0 aliphatic heterocycles. The summed E-state index contributed by atoms with van der Waals surface area (Å²) in [4.78, 5) is 0. The smallest absolute Gasteiger partial charge is 1.00 e. The maximum atomic E-state index is 0. The van der Waals surface area contributed by atoms with E-state index in [9.17, 15) is 0 Å². The number of rotatable bonds is 0. The molecule has 0 unspecified atom stereocenters. The first-order valence-corrected chi connectivity index (χ1v) is 0. The third-order valence-electron chi connectivity index (χ3n) is 0. The summed E-state index contributed by atoms with van der Waals surface area (Å²) in [6, 6.07) is 0. The molecule has 0 aromatic carbocycles. The predicted molar refractivity (Wildman–Crippen MR) is 11.6 cm³/mol. The molecule has 0 fully saturated rings. The molecule has 1 nitrogen and oxygen atoms in total. The van der Waals surface area contributed by atoms with Gasteiger partial charge >= 0.3 is 48.9 Å². The quantitative estimate of drug-likeness (QED) is 0.349. The average molecular weight is 548 g/mol. The van der Waals surface area contributed by atoms with Crippen molar-refractivity contribution >= 4 is 48.9 Å². The molecule has 0 rings (SSSR count). The van der Waals surface area contributed by atoms with E-state index in [4.69, 9.17) is 0 Å². The molecule has 0 aliphatic carbocycles. The van der Waals surface area contributed by atoms with Crippen LogP contribution in [0.4, 0.5) is 0 Å². The average Bonchev–Trinajstić information content (AvgIpc) is 0. The first-order valence-electron chi connectivity index (χ1n) is 0. The van der Waals surface area contributed by atoms with E-state index in [2.05, 4.69) is 0 Å². The first-order chi connectivity index (χ1) is 0. The van der Waals surface area contributed by atoms with Gasteiger partial charge in [-0.2, -0.15) is 0 Å². The Morgan fingerprint density at radius 1 is 1.20 bits per heavy atom. The molecule has 0 bridgehead atoms. The van der Waals surface area contributed by atoms with E-state index in [1.54, 1.807) is 0 Å². The summed E-state index contributed by atoms with van der Waals surface area (Å²) in [5.41, 5.74) is 0. The van der Waals surface area contributed by atoms with Gasteiger partial charge in [-0.25, -0.2) is 0 Å². The molecule has 0 saturated heterocycles. The Labute approximate surface area is 134 Å². The van der Waals surface area contributed by atoms with Crippen LogP contribution in [0.2, 0.25) is 0 Å². The molecule has 0 saturated carbocycles. The van der Waals surface area contributed by atoms with E-state index in [-0.39, 0.29) is 138 Å². The Morgan fingerprint density at radius 2 is 1.20 bits per heavy atom. The maximum Gasteiger partial charge on any atom is 2.00 e. The van der Waals surface area contributed by atoms with E-state index in [0.29, 0.717) is 0 Å². The van der Waals surface area contributed by atoms with E-state index in [1.165, 1.54) is 0 Å². The molecule has 0 heterocycles. The van der Waals surface area contributed by atoms with Crippen molar-refractivity contribution < 1.29 is 89.2 Å². The first kappa shape index (κ1) is 35.0. The summed E-state index contributed by atoms with van der Waals surface area (Å²) in [7, 11) is 0. The third-order valence-corrected chi connectivity index (χ3v) is 0. The molecule has 2 N–H and O–H groups in total. The second kappa shape index (κ2) is 24.1. The van der Waals surface area contributed by atoms with Crippen LogP contribution < -0.4 is 0 Å². The molecule has 30 valence electrons. The van der Waals surface area contributed by atoms with Gasteiger partial charge in [0, 0.05) is 80.9 Å². The Bertz CT molecular complexity index is 17.7. The van der Waals surface area contributed by atoms with Crippen LogP contribution in [-0.4, -0.2) is 54.4 Å². The van der Waals surface area contributed by atoms with Crippen LogP contribution in [0.5, 0.6) is 0 Å². The topological polar surface area (TPSA) is 31.5 Å². The van der Waals surface area contributed by atoms with E-state index >= 15 is 0 Å². The third kappa shape index (κ3) is 17.9. The summed E-state index contributed by atoms with van der Waals surface area (Å²) in [6.07, 6.45) is 0. The predicted octanol–water partition coefficient (Wildman–Crippen LogP) is -0.986. The zero-order valence-electron chi connectivity index (χ0n) is 4.59. The summed E-state index contributed by atoms with van der Waals surface area (Å²) in [5, 5.41) is 0. The summed E-state index contributed by atoms with van der Waals surface area (Å²) >= 11 is 0. The summed E-state index contributed by atoms with van der Waals surface area (Å²) < 4.78 is 0. The van der Waals surface area contributed by atoms with Gasteiger partial charge in [0.2, 0.25) is 0 Å². The van der Waals surface area contributed by atoms with Gasteiger partial charge in [-0.3, -0.25) is 0 Å². The number of hydrogen-bond acceptors (Lipinski definition) is 0. The minimum Gasteiger partial charge on any atom is -1.00 e. The van der Waals surface area contributed by atoms with E-state index in [1.807, 2.05) is 0 Å². The van der Waals surface area contributed by atoms with Crippen molar-refractivity contribution in [2.75, 3.05) is 0 Å². The van der Waals surface area contributed by atoms with Crippen LogP contribution in [0.15, 0.2) is 0 Å². The standard InChI is InChI=1S/Ba.Cu.H2O.U.Y.2H/h;;1H2;;;;/q+2;;;;;2*-1. The zero-order chi connectivity index (χ0) is 0. The Kier molecular flexibility index (Phi) is 169. The SMILES string of the molecule is O.[Ba+2].[Cu].[H-].[H-].[U].[Y]. The minimum absolute atomic E-state index is 0. The Morgan fingerprint density at radius 3 is 1.20 bits per heavy atom. The van der Waals surface area contributed by atoms with Gasteiger partial charge in [-0.1, -0.05) is 0 Å². The molecular weight excluding hydrogens is 544 g/mol. The fraction of sp³-hybridized carbons (Fsp3) is 0.